The van der Waals surface area contributed by atoms with Crippen LogP contribution in [0.15, 0.2) is 11.4 Å². The average molecular weight is 354 g/mol. The van der Waals surface area contributed by atoms with E-state index >= 15 is 0 Å². The van der Waals surface area contributed by atoms with Crippen LogP contribution in [0.3, 0.4) is 0 Å². The van der Waals surface area contributed by atoms with E-state index < -0.39 is 11.7 Å². The van der Waals surface area contributed by atoms with Gasteiger partial charge in [0.25, 0.3) is 0 Å². The van der Waals surface area contributed by atoms with E-state index in [9.17, 15) is 9.59 Å². The number of hydrogen-bond donors (Lipinski definition) is 1. The van der Waals surface area contributed by atoms with Gasteiger partial charge in [-0.05, 0) is 51.1 Å². The van der Waals surface area contributed by atoms with E-state index in [-0.39, 0.29) is 18.1 Å². The lowest BCUT2D eigenvalue weighted by Crippen LogP contribution is -2.49. The number of esters is 1. The van der Waals surface area contributed by atoms with Crippen molar-refractivity contribution in [1.82, 2.24) is 10.2 Å². The predicted molar refractivity (Wildman–Crippen MR) is 93.2 cm³/mol. The third-order valence-electron chi connectivity index (χ3n) is 4.00. The van der Waals surface area contributed by atoms with Crippen LogP contribution in [0.5, 0.6) is 0 Å². The van der Waals surface area contributed by atoms with Crippen LogP contribution in [-0.4, -0.2) is 48.8 Å². The van der Waals surface area contributed by atoms with Gasteiger partial charge in [0, 0.05) is 18.0 Å². The molecule has 0 saturated carbocycles. The summed E-state index contributed by atoms with van der Waals surface area (Å²) in [5.74, 6) is -0.266. The van der Waals surface area contributed by atoms with Gasteiger partial charge in [-0.15, -0.1) is 11.3 Å². The zero-order valence-electron chi connectivity index (χ0n) is 14.9. The van der Waals surface area contributed by atoms with Gasteiger partial charge in [-0.1, -0.05) is 0 Å². The van der Waals surface area contributed by atoms with Gasteiger partial charge >= 0.3 is 12.1 Å². The molecule has 0 fully saturated rings. The van der Waals surface area contributed by atoms with Crippen molar-refractivity contribution >= 4 is 23.4 Å². The summed E-state index contributed by atoms with van der Waals surface area (Å²) in [5, 5.41) is 4.89. The molecule has 0 bridgehead atoms. The third-order valence-corrected chi connectivity index (χ3v) is 5.06. The quantitative estimate of drug-likeness (QED) is 0.842. The van der Waals surface area contributed by atoms with Crippen LogP contribution in [0.25, 0.3) is 0 Å². The Balaban J connectivity index is 2.12. The zero-order valence-corrected chi connectivity index (χ0v) is 15.7. The van der Waals surface area contributed by atoms with Crippen molar-refractivity contribution < 1.29 is 19.1 Å². The molecule has 0 saturated heterocycles. The van der Waals surface area contributed by atoms with Gasteiger partial charge in [-0.3, -0.25) is 9.69 Å². The van der Waals surface area contributed by atoms with Crippen molar-refractivity contribution in [2.24, 2.45) is 0 Å². The summed E-state index contributed by atoms with van der Waals surface area (Å²) >= 11 is 1.65. The first kappa shape index (κ1) is 18.7. The minimum Gasteiger partial charge on any atom is -0.468 e. The molecule has 1 aromatic rings. The zero-order chi connectivity index (χ0) is 17.9. The number of ether oxygens (including phenoxy) is 2. The third kappa shape index (κ3) is 4.48. The van der Waals surface area contributed by atoms with Crippen molar-refractivity contribution in [2.75, 3.05) is 20.2 Å². The van der Waals surface area contributed by atoms with Gasteiger partial charge in [0.15, 0.2) is 0 Å². The van der Waals surface area contributed by atoms with Crippen LogP contribution in [-0.2, 0) is 20.7 Å². The number of alkyl carbamates (subject to hydrolysis) is 1. The first-order valence-corrected chi connectivity index (χ1v) is 8.97. The lowest BCUT2D eigenvalue weighted by Gasteiger charge is -2.38. The van der Waals surface area contributed by atoms with Crippen LogP contribution < -0.4 is 5.32 Å². The maximum atomic E-state index is 12.0. The number of fused-ring (bicyclic) bond motifs is 1. The molecule has 2 atom stereocenters. The monoisotopic (exact) mass is 354 g/mol. The lowest BCUT2D eigenvalue weighted by molar-refractivity contribution is -0.147. The number of nitrogens with zero attached hydrogens (tertiary/aromatic N) is 1. The maximum Gasteiger partial charge on any atom is 0.407 e. The first-order chi connectivity index (χ1) is 11.2. The van der Waals surface area contributed by atoms with Crippen LogP contribution in [0, 0.1) is 0 Å². The minimum absolute atomic E-state index is 0.0598. The molecule has 1 aliphatic heterocycles. The smallest absolute Gasteiger partial charge is 0.407 e. The normalized spacial score (nSPS) is 19.3. The number of thiophene rings is 1. The molecule has 1 aromatic heterocycles. The van der Waals surface area contributed by atoms with Crippen molar-refractivity contribution in [3.8, 4) is 0 Å². The van der Waals surface area contributed by atoms with Gasteiger partial charge in [0.2, 0.25) is 0 Å². The fourth-order valence-corrected chi connectivity index (χ4v) is 3.95. The molecule has 1 amide bonds. The fourth-order valence-electron chi connectivity index (χ4n) is 2.88. The molecule has 2 rings (SSSR count). The number of nitrogens with one attached hydrogen (secondary N) is 1. The van der Waals surface area contributed by atoms with Crippen LogP contribution >= 0.6 is 11.3 Å². The Labute approximate surface area is 147 Å². The molecule has 1 aliphatic rings. The predicted octanol–water partition coefficient (Wildman–Crippen LogP) is 2.73. The Morgan fingerprint density at radius 2 is 2.17 bits per heavy atom. The van der Waals surface area contributed by atoms with E-state index in [0.29, 0.717) is 6.54 Å². The van der Waals surface area contributed by atoms with Crippen molar-refractivity contribution in [1.29, 1.82) is 0 Å². The standard InChI is InChI=1S/C17H26N2O4S/c1-11(15(20)22-5)19-8-6-12-7-9-24-14(12)13(19)10-18-16(21)23-17(2,3)4/h7,9,11,13H,6,8,10H2,1-5H3,(H,18,21). The number of carbonyl (C=O) groups excluding carboxylic acids is 2. The van der Waals surface area contributed by atoms with Gasteiger partial charge < -0.3 is 14.8 Å². The number of methoxy groups -OCH3 is 1. The molecule has 6 nitrogen and oxygen atoms in total. The summed E-state index contributed by atoms with van der Waals surface area (Å²) in [6.07, 6.45) is 0.445. The first-order valence-electron chi connectivity index (χ1n) is 8.09. The summed E-state index contributed by atoms with van der Waals surface area (Å²) < 4.78 is 10.2. The molecule has 2 heterocycles. The summed E-state index contributed by atoms with van der Waals surface area (Å²) in [7, 11) is 1.40. The highest BCUT2D eigenvalue weighted by Gasteiger charge is 2.35. The molecule has 7 heteroatoms. The molecule has 0 aliphatic carbocycles. The van der Waals surface area contributed by atoms with Crippen LogP contribution in [0.1, 0.15) is 44.2 Å². The minimum atomic E-state index is -0.538. The molecule has 0 radical (unpaired) electrons. The molecule has 0 aromatic carbocycles. The van der Waals surface area contributed by atoms with Gasteiger partial charge in [0.1, 0.15) is 11.6 Å². The van der Waals surface area contributed by atoms with E-state index in [4.69, 9.17) is 9.47 Å². The number of amides is 1. The summed E-state index contributed by atoms with van der Waals surface area (Å²) in [4.78, 5) is 27.2. The summed E-state index contributed by atoms with van der Waals surface area (Å²) in [6, 6.07) is 1.69. The lowest BCUT2D eigenvalue weighted by atomic mass is 9.99. The largest absolute Gasteiger partial charge is 0.468 e. The number of rotatable bonds is 4. The van der Waals surface area contributed by atoms with Crippen molar-refractivity contribution in [3.05, 3.63) is 21.9 Å². The van der Waals surface area contributed by atoms with Crippen LogP contribution in [0.4, 0.5) is 4.79 Å². The van der Waals surface area contributed by atoms with E-state index in [1.165, 1.54) is 17.6 Å². The molecule has 134 valence electrons. The Morgan fingerprint density at radius 3 is 2.79 bits per heavy atom. The highest BCUT2D eigenvalue weighted by Crippen LogP contribution is 2.35. The Hall–Kier alpha value is -1.60. The number of hydrogen-bond acceptors (Lipinski definition) is 6. The molecular formula is C17H26N2O4S. The molecule has 24 heavy (non-hydrogen) atoms. The second kappa shape index (κ2) is 7.53. The Kier molecular flexibility index (Phi) is 5.87. The average Bonchev–Trinajstić information content (AvgIpc) is 2.98. The highest BCUT2D eigenvalue weighted by molar-refractivity contribution is 7.10. The van der Waals surface area contributed by atoms with Crippen molar-refractivity contribution in [2.45, 2.75) is 51.8 Å². The van der Waals surface area contributed by atoms with Gasteiger partial charge in [-0.25, -0.2) is 4.79 Å². The number of carbonyl (C=O) groups is 2. The van der Waals surface area contributed by atoms with Gasteiger partial charge in [0.05, 0.1) is 13.2 Å². The van der Waals surface area contributed by atoms with Crippen LogP contribution in [0.2, 0.25) is 0 Å². The molecule has 2 unspecified atom stereocenters. The maximum absolute atomic E-state index is 12.0. The van der Waals surface area contributed by atoms with E-state index in [2.05, 4.69) is 21.7 Å². The summed E-state index contributed by atoms with van der Waals surface area (Å²) in [6.45, 7) is 8.47. The Morgan fingerprint density at radius 1 is 1.46 bits per heavy atom. The second-order valence-electron chi connectivity index (χ2n) is 6.90. The van der Waals surface area contributed by atoms with E-state index in [0.717, 1.165) is 13.0 Å². The van der Waals surface area contributed by atoms with Gasteiger partial charge in [-0.2, -0.15) is 0 Å². The topological polar surface area (TPSA) is 67.9 Å². The molecule has 0 spiro atoms. The Bertz CT molecular complexity index is 594. The SMILES string of the molecule is COC(=O)C(C)N1CCc2ccsc2C1CNC(=O)OC(C)(C)C. The summed E-state index contributed by atoms with van der Waals surface area (Å²) in [5.41, 5.74) is 0.744. The van der Waals surface area contributed by atoms with E-state index in [1.807, 2.05) is 27.7 Å². The highest BCUT2D eigenvalue weighted by atomic mass is 32.1. The van der Waals surface area contributed by atoms with E-state index in [1.54, 1.807) is 11.3 Å². The second-order valence-corrected chi connectivity index (χ2v) is 7.84. The molecular weight excluding hydrogens is 328 g/mol. The van der Waals surface area contributed by atoms with Crippen molar-refractivity contribution in [3.63, 3.8) is 0 Å². The molecule has 1 N–H and O–H groups in total. The fraction of sp³-hybridized carbons (Fsp3) is 0.647.